The van der Waals surface area contributed by atoms with Crippen molar-refractivity contribution in [1.29, 1.82) is 0 Å². The summed E-state index contributed by atoms with van der Waals surface area (Å²) >= 11 is -0.864. The van der Waals surface area contributed by atoms with E-state index in [-0.39, 0.29) is 18.1 Å². The number of halogens is 5. The van der Waals surface area contributed by atoms with Crippen LogP contribution in [0.2, 0.25) is 0 Å². The Kier molecular flexibility index (Phi) is 13.5. The number of aryl methyl sites for hydroxylation is 1. The highest BCUT2D eigenvalue weighted by Crippen LogP contribution is 2.39. The highest BCUT2D eigenvalue weighted by molar-refractivity contribution is 7.99. The molecule has 1 heterocycles. The zero-order valence-corrected chi connectivity index (χ0v) is 28.1. The summed E-state index contributed by atoms with van der Waals surface area (Å²) in [6.07, 6.45) is -0.462. The predicted octanol–water partition coefficient (Wildman–Crippen LogP) is 8.73. The summed E-state index contributed by atoms with van der Waals surface area (Å²) in [6.45, 7) is 11.1. The van der Waals surface area contributed by atoms with Crippen LogP contribution < -0.4 is 9.21 Å². The van der Waals surface area contributed by atoms with Crippen molar-refractivity contribution in [3.8, 4) is 0 Å². The van der Waals surface area contributed by atoms with Crippen LogP contribution >= 0.6 is 11.8 Å². The molecular weight excluding hydrogens is 625 g/mol. The zero-order chi connectivity index (χ0) is 33.5. The Hall–Kier alpha value is -1.93. The van der Waals surface area contributed by atoms with E-state index in [2.05, 4.69) is 0 Å². The molecule has 14 heteroatoms. The number of anilines is 2. The number of carbonyl (C=O) groups excluding carboxylic acids is 2. The smallest absolute Gasteiger partial charge is 0.310 e. The van der Waals surface area contributed by atoms with Gasteiger partial charge in [0.2, 0.25) is 0 Å². The Morgan fingerprint density at radius 2 is 1.45 bits per heavy atom. The molecule has 2 rings (SSSR count). The number of hydrogen-bond acceptors (Lipinski definition) is 4. The second-order valence-corrected chi connectivity index (χ2v) is 14.7. The molecule has 7 nitrogen and oxygen atoms in total. The highest BCUT2D eigenvalue weighted by atomic mass is 32.2. The van der Waals surface area contributed by atoms with Crippen molar-refractivity contribution < 1.29 is 40.3 Å². The minimum absolute atomic E-state index is 0.174. The highest BCUT2D eigenvalue weighted by Gasteiger charge is 2.56. The number of amides is 3. The third kappa shape index (κ3) is 9.78. The minimum atomic E-state index is -5.48. The fourth-order valence-corrected chi connectivity index (χ4v) is 6.93. The molecule has 1 aromatic carbocycles. The number of thioether (sulfide) groups is 1. The Bertz CT molecular complexity index is 1160. The molecule has 44 heavy (non-hydrogen) atoms. The van der Waals surface area contributed by atoms with Gasteiger partial charge in [-0.25, -0.2) is 13.9 Å². The monoisotopic (exact) mass is 671 g/mol. The van der Waals surface area contributed by atoms with Gasteiger partial charge in [-0.3, -0.25) is 13.7 Å². The number of alkyl halides is 5. The van der Waals surface area contributed by atoms with E-state index in [1.165, 1.54) is 21.0 Å². The second kappa shape index (κ2) is 15.6. The zero-order valence-electron chi connectivity index (χ0n) is 26.4. The van der Waals surface area contributed by atoms with Gasteiger partial charge in [-0.15, -0.1) is 0 Å². The van der Waals surface area contributed by atoms with Crippen LogP contribution in [0, 0.1) is 6.92 Å². The Labute approximate surface area is 264 Å². The van der Waals surface area contributed by atoms with E-state index in [0.717, 1.165) is 50.7 Å². The van der Waals surface area contributed by atoms with Crippen LogP contribution in [0.15, 0.2) is 18.2 Å². The van der Waals surface area contributed by atoms with Crippen molar-refractivity contribution in [2.24, 2.45) is 0 Å². The molecule has 1 unspecified atom stereocenters. The lowest BCUT2D eigenvalue weighted by Crippen LogP contribution is -2.44. The average Bonchev–Trinajstić information content (AvgIpc) is 3.04. The molecule has 1 aromatic rings. The summed E-state index contributed by atoms with van der Waals surface area (Å²) in [5.41, 5.74) is -0.0668. The lowest BCUT2D eigenvalue weighted by atomic mass is 10.0. The number of benzene rings is 1. The van der Waals surface area contributed by atoms with Crippen LogP contribution in [-0.4, -0.2) is 66.8 Å². The van der Waals surface area contributed by atoms with Crippen LogP contribution in [0.1, 0.15) is 98.0 Å². The molecule has 1 aliphatic rings. The van der Waals surface area contributed by atoms with E-state index >= 15 is 0 Å². The van der Waals surface area contributed by atoms with Crippen molar-refractivity contribution in [3.05, 3.63) is 23.8 Å². The summed E-state index contributed by atoms with van der Waals surface area (Å²) < 4.78 is 85.6. The van der Waals surface area contributed by atoms with Crippen LogP contribution in [0.4, 0.5) is 38.1 Å². The van der Waals surface area contributed by atoms with Gasteiger partial charge in [-0.2, -0.15) is 33.7 Å². The molecule has 1 aliphatic heterocycles. The maximum absolute atomic E-state index is 13.4. The van der Waals surface area contributed by atoms with E-state index < -0.39 is 46.9 Å². The number of carbonyl (C=O) groups is 2. The van der Waals surface area contributed by atoms with Crippen LogP contribution in [0.3, 0.4) is 0 Å². The molecule has 0 radical (unpaired) electrons. The number of rotatable bonds is 17. The molecular formula is C30H46F5N3O4S2. The maximum atomic E-state index is 13.4. The van der Waals surface area contributed by atoms with Crippen LogP contribution in [0.25, 0.3) is 0 Å². The van der Waals surface area contributed by atoms with E-state index in [1.54, 1.807) is 43.9 Å². The van der Waals surface area contributed by atoms with E-state index in [1.807, 2.05) is 20.8 Å². The quantitative estimate of drug-likeness (QED) is 0.0776. The van der Waals surface area contributed by atoms with Gasteiger partial charge in [0, 0.05) is 18.5 Å². The van der Waals surface area contributed by atoms with Gasteiger partial charge in [-0.1, -0.05) is 32.1 Å². The van der Waals surface area contributed by atoms with Crippen molar-refractivity contribution in [1.82, 2.24) is 4.90 Å². The van der Waals surface area contributed by atoms with E-state index in [0.29, 0.717) is 23.5 Å². The normalized spacial score (nSPS) is 16.6. The lowest BCUT2D eigenvalue weighted by Gasteiger charge is -2.34. The molecule has 1 N–H and O–H groups in total. The van der Waals surface area contributed by atoms with Crippen LogP contribution in [0.5, 0.6) is 0 Å². The molecule has 3 amide bonds. The summed E-state index contributed by atoms with van der Waals surface area (Å²) in [5, 5.41) is 0. The third-order valence-electron chi connectivity index (χ3n) is 7.61. The standard InChI is InChI=1S/C30H46F5N3O4S2/c1-22-21-23(15-16-24(22)38(44(41)42)27(2,3)4)37-25(39)28(5,6)36(26(37)40)18-12-10-8-7-9-11-13-19-43-20-14-17-29(31,32)30(33,34)35/h15-16,21H,7-14,17-20H2,1-6H3,(H,41,42). The van der Waals surface area contributed by atoms with Gasteiger partial charge in [0.1, 0.15) is 5.54 Å². The van der Waals surface area contributed by atoms with Crippen molar-refractivity contribution in [3.63, 3.8) is 0 Å². The molecule has 0 spiro atoms. The number of nitrogens with zero attached hydrogens (tertiary/aromatic N) is 3. The Morgan fingerprint density at radius 3 is 1.98 bits per heavy atom. The number of hydrogen-bond donors (Lipinski definition) is 1. The van der Waals surface area contributed by atoms with Gasteiger partial charge in [0.15, 0.2) is 0 Å². The minimum Gasteiger partial charge on any atom is -0.310 e. The molecule has 1 fully saturated rings. The second-order valence-electron chi connectivity index (χ2n) is 12.7. The Balaban J connectivity index is 1.76. The van der Waals surface area contributed by atoms with Crippen molar-refractivity contribution >= 4 is 46.3 Å². The number of imide groups is 1. The maximum Gasteiger partial charge on any atom is 0.453 e. The summed E-state index contributed by atoms with van der Waals surface area (Å²) in [4.78, 5) is 29.5. The largest absolute Gasteiger partial charge is 0.453 e. The topological polar surface area (TPSA) is 81.2 Å². The SMILES string of the molecule is Cc1cc(N2C(=O)N(CCCCCCCCCSCCCC(F)(F)C(F)(F)F)C(C)(C)C2=O)ccc1N(S(=O)O)C(C)(C)C. The van der Waals surface area contributed by atoms with E-state index in [9.17, 15) is 40.3 Å². The fourth-order valence-electron chi connectivity index (χ4n) is 5.12. The number of unbranched alkanes of at least 4 members (excludes halogenated alkanes) is 6. The van der Waals surface area contributed by atoms with Gasteiger partial charge < -0.3 is 4.90 Å². The molecule has 252 valence electrons. The number of urea groups is 1. The average molecular weight is 672 g/mol. The molecule has 0 saturated carbocycles. The fraction of sp³-hybridized carbons (Fsp3) is 0.733. The van der Waals surface area contributed by atoms with Gasteiger partial charge >= 0.3 is 18.1 Å². The summed E-state index contributed by atoms with van der Waals surface area (Å²) in [5.74, 6) is -3.94. The summed E-state index contributed by atoms with van der Waals surface area (Å²) in [7, 11) is 0. The lowest BCUT2D eigenvalue weighted by molar-refractivity contribution is -0.284. The van der Waals surface area contributed by atoms with Gasteiger partial charge in [0.25, 0.3) is 17.2 Å². The first-order valence-corrected chi connectivity index (χ1v) is 17.2. The van der Waals surface area contributed by atoms with Gasteiger partial charge in [0.05, 0.1) is 11.4 Å². The predicted molar refractivity (Wildman–Crippen MR) is 168 cm³/mol. The first-order valence-electron chi connectivity index (χ1n) is 14.9. The molecule has 1 atom stereocenters. The first-order chi connectivity index (χ1) is 20.2. The van der Waals surface area contributed by atoms with E-state index in [4.69, 9.17) is 0 Å². The van der Waals surface area contributed by atoms with Crippen LogP contribution in [-0.2, 0) is 16.1 Å². The third-order valence-corrected chi connectivity index (χ3v) is 9.82. The first kappa shape index (κ1) is 38.3. The van der Waals surface area contributed by atoms with Crippen molar-refractivity contribution in [2.45, 2.75) is 123 Å². The van der Waals surface area contributed by atoms with Crippen molar-refractivity contribution in [2.75, 3.05) is 27.3 Å². The molecule has 1 saturated heterocycles. The Morgan fingerprint density at radius 1 is 0.909 bits per heavy atom. The van der Waals surface area contributed by atoms with Gasteiger partial charge in [-0.05, 0) is 96.1 Å². The summed E-state index contributed by atoms with van der Waals surface area (Å²) in [6, 6.07) is 4.55. The molecule has 0 aromatic heterocycles. The molecule has 0 aliphatic carbocycles. The molecule has 0 bridgehead atoms.